The number of carboxylic acids is 1. The number of H-pyrrole nitrogens is 1. The first kappa shape index (κ1) is 24.9. The molecule has 4 N–H and O–H groups in total. The van der Waals surface area contributed by atoms with Crippen LogP contribution in [0.25, 0.3) is 10.9 Å². The summed E-state index contributed by atoms with van der Waals surface area (Å²) in [6.45, 7) is 2.26. The van der Waals surface area contributed by atoms with E-state index in [0.717, 1.165) is 28.7 Å². The van der Waals surface area contributed by atoms with Crippen LogP contribution in [0.3, 0.4) is 0 Å². The summed E-state index contributed by atoms with van der Waals surface area (Å²) in [5.74, 6) is -4.61. The molecule has 1 amide bonds. The molecule has 1 atom stereocenters. The van der Waals surface area contributed by atoms with Crippen molar-refractivity contribution in [3.8, 4) is 0 Å². The highest BCUT2D eigenvalue weighted by Crippen LogP contribution is 2.23. The zero-order valence-electron chi connectivity index (χ0n) is 17.5. The Balaban J connectivity index is 0.000000406. The number of amides is 1. The number of halogens is 5. The van der Waals surface area contributed by atoms with Crippen LogP contribution < -0.4 is 10.6 Å². The van der Waals surface area contributed by atoms with Gasteiger partial charge in [0.15, 0.2) is 0 Å². The van der Waals surface area contributed by atoms with Crippen molar-refractivity contribution < 1.29 is 36.6 Å². The smallest absolute Gasteiger partial charge is 0.475 e. The molecule has 1 fully saturated rings. The Labute approximate surface area is 189 Å². The second-order valence-electron chi connectivity index (χ2n) is 7.40. The van der Waals surface area contributed by atoms with Gasteiger partial charge in [-0.2, -0.15) is 18.3 Å². The number of hydrogen-bond acceptors (Lipinski definition) is 5. The number of rotatable bonds is 3. The van der Waals surface area contributed by atoms with Crippen molar-refractivity contribution in [3.63, 3.8) is 0 Å². The predicted molar refractivity (Wildman–Crippen MR) is 112 cm³/mol. The molecule has 0 spiro atoms. The molecule has 13 heteroatoms. The highest BCUT2D eigenvalue weighted by Gasteiger charge is 2.38. The molecular weight excluding hydrogens is 465 g/mol. The van der Waals surface area contributed by atoms with Crippen LogP contribution in [0.1, 0.15) is 11.6 Å². The minimum Gasteiger partial charge on any atom is -0.475 e. The Hall–Kier alpha value is -3.74. The zero-order chi connectivity index (χ0) is 25.0. The lowest BCUT2D eigenvalue weighted by Crippen LogP contribution is -2.51. The SMILES string of the molecule is NC(C(=O)N1CCN(c2ccc3[nH]ncc3c2)CC1)c1ccc(F)cc1F.O=C(O)C(F)(F)F. The van der Waals surface area contributed by atoms with Gasteiger partial charge in [-0.25, -0.2) is 13.6 Å². The van der Waals surface area contributed by atoms with Crippen LogP contribution in [-0.2, 0) is 9.59 Å². The number of piperazine rings is 1. The number of aromatic nitrogens is 2. The van der Waals surface area contributed by atoms with Gasteiger partial charge >= 0.3 is 12.1 Å². The quantitative estimate of drug-likeness (QED) is 0.492. The van der Waals surface area contributed by atoms with Crippen LogP contribution in [0.5, 0.6) is 0 Å². The van der Waals surface area contributed by atoms with E-state index in [1.165, 1.54) is 6.07 Å². The molecular formula is C21H20F5N5O3. The lowest BCUT2D eigenvalue weighted by Gasteiger charge is -2.37. The van der Waals surface area contributed by atoms with E-state index < -0.39 is 29.8 Å². The second kappa shape index (κ2) is 10.0. The van der Waals surface area contributed by atoms with E-state index in [2.05, 4.69) is 21.2 Å². The lowest BCUT2D eigenvalue weighted by molar-refractivity contribution is -0.192. The Morgan fingerprint density at radius 2 is 1.71 bits per heavy atom. The second-order valence-corrected chi connectivity index (χ2v) is 7.40. The first-order valence-corrected chi connectivity index (χ1v) is 9.95. The number of nitrogens with two attached hydrogens (primary N) is 1. The molecule has 4 rings (SSSR count). The number of aliphatic carboxylic acids is 1. The molecule has 1 aliphatic rings. The van der Waals surface area contributed by atoms with Gasteiger partial charge in [0.05, 0.1) is 11.7 Å². The van der Waals surface area contributed by atoms with Crippen LogP contribution in [0.2, 0.25) is 0 Å². The average Bonchev–Trinajstić information content (AvgIpc) is 3.26. The fourth-order valence-corrected chi connectivity index (χ4v) is 3.40. The molecule has 1 aliphatic heterocycles. The summed E-state index contributed by atoms with van der Waals surface area (Å²) >= 11 is 0. The summed E-state index contributed by atoms with van der Waals surface area (Å²) in [7, 11) is 0. The van der Waals surface area contributed by atoms with E-state index in [1.54, 1.807) is 11.1 Å². The van der Waals surface area contributed by atoms with Crippen molar-refractivity contribution in [2.45, 2.75) is 12.2 Å². The third kappa shape index (κ3) is 5.78. The fourth-order valence-electron chi connectivity index (χ4n) is 3.40. The third-order valence-electron chi connectivity index (χ3n) is 5.19. The molecule has 182 valence electrons. The number of nitrogens with one attached hydrogen (secondary N) is 1. The van der Waals surface area contributed by atoms with Gasteiger partial charge < -0.3 is 20.6 Å². The predicted octanol–water partition coefficient (Wildman–Crippen LogP) is 2.82. The molecule has 34 heavy (non-hydrogen) atoms. The highest BCUT2D eigenvalue weighted by atomic mass is 19.4. The van der Waals surface area contributed by atoms with Gasteiger partial charge in [-0.15, -0.1) is 0 Å². The van der Waals surface area contributed by atoms with E-state index in [9.17, 15) is 26.7 Å². The number of carboxylic acid groups (broad SMARTS) is 1. The van der Waals surface area contributed by atoms with Crippen LogP contribution in [0, 0.1) is 11.6 Å². The standard InChI is InChI=1S/C19H19F2N5O.C2HF3O2/c20-13-1-3-15(16(21)10-13)18(22)19(27)26-7-5-25(6-8-26)14-2-4-17-12(9-14)11-23-24-17;3-2(4,5)1(6)7/h1-4,9-11,18H,5-8,22H2,(H,23,24);(H,6,7). The summed E-state index contributed by atoms with van der Waals surface area (Å²) in [4.78, 5) is 25.3. The average molecular weight is 485 g/mol. The normalized spacial score (nSPS) is 15.0. The summed E-state index contributed by atoms with van der Waals surface area (Å²) in [5.41, 5.74) is 7.98. The van der Waals surface area contributed by atoms with Crippen molar-refractivity contribution in [2.75, 3.05) is 31.1 Å². The molecule has 0 bridgehead atoms. The van der Waals surface area contributed by atoms with Crippen molar-refractivity contribution in [2.24, 2.45) is 5.73 Å². The third-order valence-corrected chi connectivity index (χ3v) is 5.19. The monoisotopic (exact) mass is 485 g/mol. The van der Waals surface area contributed by atoms with Crippen LogP contribution >= 0.6 is 0 Å². The number of nitrogens with zero attached hydrogens (tertiary/aromatic N) is 3. The number of alkyl halides is 3. The maximum absolute atomic E-state index is 13.9. The summed E-state index contributed by atoms with van der Waals surface area (Å²) in [6.07, 6.45) is -3.31. The van der Waals surface area contributed by atoms with Crippen molar-refractivity contribution >= 4 is 28.5 Å². The number of carbonyl (C=O) groups is 2. The number of anilines is 1. The number of carbonyl (C=O) groups excluding carboxylic acids is 1. The van der Waals surface area contributed by atoms with Crippen molar-refractivity contribution in [1.29, 1.82) is 0 Å². The number of aromatic amines is 1. The van der Waals surface area contributed by atoms with E-state index in [-0.39, 0.29) is 11.5 Å². The summed E-state index contributed by atoms with van der Waals surface area (Å²) in [6, 6.07) is 7.97. The molecule has 0 radical (unpaired) electrons. The molecule has 1 aromatic heterocycles. The first-order chi connectivity index (χ1) is 16.0. The van der Waals surface area contributed by atoms with E-state index >= 15 is 0 Å². The van der Waals surface area contributed by atoms with Crippen molar-refractivity contribution in [1.82, 2.24) is 15.1 Å². The number of fused-ring (bicyclic) bond motifs is 1. The van der Waals surface area contributed by atoms with Crippen LogP contribution in [0.15, 0.2) is 42.6 Å². The largest absolute Gasteiger partial charge is 0.490 e. The van der Waals surface area contributed by atoms with E-state index in [0.29, 0.717) is 26.2 Å². The maximum atomic E-state index is 13.9. The maximum Gasteiger partial charge on any atom is 0.490 e. The van der Waals surface area contributed by atoms with E-state index in [1.807, 2.05) is 12.1 Å². The molecule has 2 aromatic carbocycles. The van der Waals surface area contributed by atoms with Gasteiger partial charge in [-0.05, 0) is 24.3 Å². The first-order valence-electron chi connectivity index (χ1n) is 9.95. The Bertz CT molecular complexity index is 1180. The Morgan fingerprint density at radius 1 is 1.06 bits per heavy atom. The summed E-state index contributed by atoms with van der Waals surface area (Å²) < 4.78 is 58.7. The minimum absolute atomic E-state index is 0.00855. The zero-order valence-corrected chi connectivity index (χ0v) is 17.5. The topological polar surface area (TPSA) is 116 Å². The van der Waals surface area contributed by atoms with Crippen LogP contribution in [0.4, 0.5) is 27.6 Å². The Morgan fingerprint density at radius 3 is 2.29 bits per heavy atom. The highest BCUT2D eigenvalue weighted by molar-refractivity contribution is 5.84. The van der Waals surface area contributed by atoms with Gasteiger partial charge in [0.1, 0.15) is 17.7 Å². The number of hydrogen-bond donors (Lipinski definition) is 3. The molecule has 0 saturated carbocycles. The molecule has 2 heterocycles. The van der Waals surface area contributed by atoms with Gasteiger partial charge in [0.2, 0.25) is 5.91 Å². The van der Waals surface area contributed by atoms with E-state index in [4.69, 9.17) is 15.6 Å². The van der Waals surface area contributed by atoms with Gasteiger partial charge in [-0.1, -0.05) is 6.07 Å². The molecule has 8 nitrogen and oxygen atoms in total. The molecule has 3 aromatic rings. The van der Waals surface area contributed by atoms with Gasteiger partial charge in [0, 0.05) is 48.9 Å². The fraction of sp³-hybridized carbons (Fsp3) is 0.286. The summed E-state index contributed by atoms with van der Waals surface area (Å²) in [5, 5.41) is 15.1. The van der Waals surface area contributed by atoms with Gasteiger partial charge in [0.25, 0.3) is 0 Å². The minimum atomic E-state index is -5.08. The molecule has 1 unspecified atom stereocenters. The van der Waals surface area contributed by atoms with Crippen LogP contribution in [-0.4, -0.2) is 64.4 Å². The lowest BCUT2D eigenvalue weighted by atomic mass is 10.1. The van der Waals surface area contributed by atoms with Gasteiger partial charge in [-0.3, -0.25) is 9.89 Å². The number of benzene rings is 2. The van der Waals surface area contributed by atoms with Crippen molar-refractivity contribution in [3.05, 3.63) is 59.8 Å². The Kier molecular flexibility index (Phi) is 7.35. The molecule has 0 aliphatic carbocycles. The molecule has 1 saturated heterocycles.